The number of aromatic hydroxyl groups is 1. The highest BCUT2D eigenvalue weighted by Gasteiger charge is 2.22. The third-order valence-corrected chi connectivity index (χ3v) is 3.31. The first kappa shape index (κ1) is 14.7. The van der Waals surface area contributed by atoms with Crippen molar-refractivity contribution in [1.82, 2.24) is 0 Å². The van der Waals surface area contributed by atoms with Crippen LogP contribution in [0, 0.1) is 11.7 Å². The summed E-state index contributed by atoms with van der Waals surface area (Å²) in [6, 6.07) is 11.1. The van der Waals surface area contributed by atoms with Crippen LogP contribution in [0.1, 0.15) is 25.5 Å². The Hall–Kier alpha value is -1.74. The van der Waals surface area contributed by atoms with E-state index in [9.17, 15) is 9.50 Å². The number of rotatable bonds is 4. The molecule has 0 amide bonds. The lowest BCUT2D eigenvalue weighted by atomic mass is 9.98. The van der Waals surface area contributed by atoms with Gasteiger partial charge in [-0.3, -0.25) is 0 Å². The standard InChI is InChI=1S/C16H16ClFO2/c1-10(2)16(12-8-7-11(18)9-14(12)19)20-15-6-4-3-5-13(15)17/h3-10,16,19H,1-2H3/t16-/m0/s1. The van der Waals surface area contributed by atoms with Crippen LogP contribution >= 0.6 is 11.6 Å². The van der Waals surface area contributed by atoms with Gasteiger partial charge in [0.05, 0.1) is 5.02 Å². The maximum Gasteiger partial charge on any atom is 0.138 e. The van der Waals surface area contributed by atoms with E-state index in [0.29, 0.717) is 16.3 Å². The number of hydrogen-bond donors (Lipinski definition) is 1. The number of hydrogen-bond acceptors (Lipinski definition) is 2. The largest absolute Gasteiger partial charge is 0.507 e. The SMILES string of the molecule is CC(C)[C@H](Oc1ccccc1Cl)c1ccc(F)cc1O. The van der Waals surface area contributed by atoms with Crippen LogP contribution in [-0.4, -0.2) is 5.11 Å². The molecule has 2 nitrogen and oxygen atoms in total. The van der Waals surface area contributed by atoms with Gasteiger partial charge in [0, 0.05) is 11.6 Å². The third kappa shape index (κ3) is 3.23. The smallest absolute Gasteiger partial charge is 0.138 e. The van der Waals surface area contributed by atoms with E-state index in [-0.39, 0.29) is 11.7 Å². The lowest BCUT2D eigenvalue weighted by Crippen LogP contribution is -2.14. The Morgan fingerprint density at radius 2 is 1.85 bits per heavy atom. The normalized spacial score (nSPS) is 12.4. The molecule has 4 heteroatoms. The van der Waals surface area contributed by atoms with Crippen molar-refractivity contribution in [1.29, 1.82) is 0 Å². The number of para-hydroxylation sites is 1. The molecule has 106 valence electrons. The number of phenols is 1. The molecule has 0 aliphatic heterocycles. The summed E-state index contributed by atoms with van der Waals surface area (Å²) in [6.07, 6.45) is -0.407. The van der Waals surface area contributed by atoms with Gasteiger partial charge in [-0.25, -0.2) is 4.39 Å². The van der Waals surface area contributed by atoms with Gasteiger partial charge in [-0.1, -0.05) is 37.6 Å². The molecule has 0 radical (unpaired) electrons. The summed E-state index contributed by atoms with van der Waals surface area (Å²) in [5, 5.41) is 10.4. The van der Waals surface area contributed by atoms with Crippen LogP contribution in [0.2, 0.25) is 5.02 Å². The van der Waals surface area contributed by atoms with Crippen LogP contribution in [0.5, 0.6) is 11.5 Å². The van der Waals surface area contributed by atoms with Crippen molar-refractivity contribution in [2.24, 2.45) is 5.92 Å². The van der Waals surface area contributed by atoms with Crippen molar-refractivity contribution >= 4 is 11.6 Å². The van der Waals surface area contributed by atoms with Crippen molar-refractivity contribution in [2.75, 3.05) is 0 Å². The topological polar surface area (TPSA) is 29.5 Å². The maximum atomic E-state index is 13.1. The minimum absolute atomic E-state index is 0.0858. The zero-order chi connectivity index (χ0) is 14.7. The lowest BCUT2D eigenvalue weighted by molar-refractivity contribution is 0.150. The molecular formula is C16H16ClFO2. The highest BCUT2D eigenvalue weighted by Crippen LogP contribution is 2.36. The van der Waals surface area contributed by atoms with Gasteiger partial charge < -0.3 is 9.84 Å². The zero-order valence-corrected chi connectivity index (χ0v) is 12.1. The van der Waals surface area contributed by atoms with Crippen LogP contribution < -0.4 is 4.74 Å². The summed E-state index contributed by atoms with van der Waals surface area (Å²) in [5.74, 6) is 0.0291. The third-order valence-electron chi connectivity index (χ3n) is 3.00. The van der Waals surface area contributed by atoms with Gasteiger partial charge >= 0.3 is 0 Å². The van der Waals surface area contributed by atoms with Gasteiger partial charge in [-0.2, -0.15) is 0 Å². The second-order valence-corrected chi connectivity index (χ2v) is 5.32. The zero-order valence-electron chi connectivity index (χ0n) is 11.3. The van der Waals surface area contributed by atoms with Gasteiger partial charge in [0.25, 0.3) is 0 Å². The van der Waals surface area contributed by atoms with Crippen LogP contribution in [0.25, 0.3) is 0 Å². The Balaban J connectivity index is 2.35. The van der Waals surface area contributed by atoms with E-state index < -0.39 is 11.9 Å². The summed E-state index contributed by atoms with van der Waals surface area (Å²) >= 11 is 6.08. The fourth-order valence-corrected chi connectivity index (χ4v) is 2.17. The Morgan fingerprint density at radius 1 is 1.15 bits per heavy atom. The molecular weight excluding hydrogens is 279 g/mol. The predicted molar refractivity (Wildman–Crippen MR) is 77.7 cm³/mol. The number of phenolic OH excluding ortho intramolecular Hbond substituents is 1. The van der Waals surface area contributed by atoms with Crippen LogP contribution in [-0.2, 0) is 0 Å². The molecule has 0 unspecified atom stereocenters. The summed E-state index contributed by atoms with van der Waals surface area (Å²) in [6.45, 7) is 3.93. The quantitative estimate of drug-likeness (QED) is 0.863. The van der Waals surface area contributed by atoms with Gasteiger partial charge in [0.15, 0.2) is 0 Å². The van der Waals surface area contributed by atoms with Gasteiger partial charge in [0.2, 0.25) is 0 Å². The summed E-state index contributed by atoms with van der Waals surface area (Å²) in [4.78, 5) is 0. The van der Waals surface area contributed by atoms with Crippen molar-refractivity contribution in [3.05, 3.63) is 58.9 Å². The summed E-state index contributed by atoms with van der Waals surface area (Å²) in [5.41, 5.74) is 0.543. The molecule has 0 saturated carbocycles. The molecule has 0 saturated heterocycles. The monoisotopic (exact) mass is 294 g/mol. The van der Waals surface area contributed by atoms with E-state index in [0.717, 1.165) is 6.07 Å². The molecule has 2 aromatic carbocycles. The van der Waals surface area contributed by atoms with Crippen molar-refractivity contribution in [3.8, 4) is 11.5 Å². The number of ether oxygens (including phenoxy) is 1. The maximum absolute atomic E-state index is 13.1. The predicted octanol–water partition coefficient (Wildman–Crippen LogP) is 4.96. The molecule has 0 spiro atoms. The molecule has 0 aromatic heterocycles. The highest BCUT2D eigenvalue weighted by atomic mass is 35.5. The van der Waals surface area contributed by atoms with Crippen molar-refractivity contribution < 1.29 is 14.2 Å². The highest BCUT2D eigenvalue weighted by molar-refractivity contribution is 6.32. The Morgan fingerprint density at radius 3 is 2.45 bits per heavy atom. The van der Waals surface area contributed by atoms with Gasteiger partial charge in [-0.15, -0.1) is 0 Å². The van der Waals surface area contributed by atoms with Crippen LogP contribution in [0.15, 0.2) is 42.5 Å². The summed E-state index contributed by atoms with van der Waals surface area (Å²) < 4.78 is 19.0. The molecule has 0 heterocycles. The Labute approximate surface area is 122 Å². The first-order valence-corrected chi connectivity index (χ1v) is 6.76. The van der Waals surface area contributed by atoms with Crippen molar-refractivity contribution in [2.45, 2.75) is 20.0 Å². The molecule has 2 rings (SSSR count). The van der Waals surface area contributed by atoms with Crippen LogP contribution in [0.3, 0.4) is 0 Å². The minimum atomic E-state index is -0.480. The molecule has 0 aliphatic rings. The first-order valence-electron chi connectivity index (χ1n) is 6.38. The summed E-state index contributed by atoms with van der Waals surface area (Å²) in [7, 11) is 0. The average molecular weight is 295 g/mol. The molecule has 20 heavy (non-hydrogen) atoms. The van der Waals surface area contributed by atoms with Gasteiger partial charge in [0.1, 0.15) is 23.4 Å². The van der Waals surface area contributed by atoms with E-state index in [1.54, 1.807) is 12.1 Å². The first-order chi connectivity index (χ1) is 9.49. The van der Waals surface area contributed by atoms with E-state index in [1.165, 1.54) is 12.1 Å². The van der Waals surface area contributed by atoms with Crippen molar-refractivity contribution in [3.63, 3.8) is 0 Å². The molecule has 1 N–H and O–H groups in total. The lowest BCUT2D eigenvalue weighted by Gasteiger charge is -2.24. The molecule has 0 fully saturated rings. The number of benzene rings is 2. The Kier molecular flexibility index (Phi) is 4.50. The van der Waals surface area contributed by atoms with Gasteiger partial charge in [-0.05, 0) is 30.2 Å². The van der Waals surface area contributed by atoms with E-state index >= 15 is 0 Å². The molecule has 1 atom stereocenters. The average Bonchev–Trinajstić information content (AvgIpc) is 2.38. The molecule has 0 bridgehead atoms. The second-order valence-electron chi connectivity index (χ2n) is 4.92. The van der Waals surface area contributed by atoms with E-state index in [1.807, 2.05) is 26.0 Å². The number of halogens is 2. The fraction of sp³-hybridized carbons (Fsp3) is 0.250. The van der Waals surface area contributed by atoms with Crippen LogP contribution in [0.4, 0.5) is 4.39 Å². The fourth-order valence-electron chi connectivity index (χ4n) is 1.99. The molecule has 2 aromatic rings. The second kappa shape index (κ2) is 6.14. The molecule has 0 aliphatic carbocycles. The Bertz CT molecular complexity index is 599. The van der Waals surface area contributed by atoms with E-state index in [2.05, 4.69) is 0 Å². The van der Waals surface area contributed by atoms with E-state index in [4.69, 9.17) is 16.3 Å². The minimum Gasteiger partial charge on any atom is -0.507 e.